The van der Waals surface area contributed by atoms with E-state index < -0.39 is 0 Å². The number of benzene rings is 2. The lowest BCUT2D eigenvalue weighted by atomic mass is 9.85. The van der Waals surface area contributed by atoms with Crippen LogP contribution in [0.2, 0.25) is 5.02 Å². The number of esters is 1. The standard InChI is InChI=1S/C23H26ClNO4/c1-28-23(27)15-17-4-12-21(13-5-17)29-20-10-2-16(3-11-20)14-22(26)25-19-8-6-18(24)7-9-19/h4-9,12-13,16,20H,2-3,10-11,14-15H2,1H3,(H,25,26)/t16-,20-. The van der Waals surface area contributed by atoms with E-state index in [1.807, 2.05) is 24.3 Å². The highest BCUT2D eigenvalue weighted by atomic mass is 35.5. The van der Waals surface area contributed by atoms with E-state index in [1.54, 1.807) is 24.3 Å². The van der Waals surface area contributed by atoms with Crippen LogP contribution in [0.3, 0.4) is 0 Å². The van der Waals surface area contributed by atoms with Crippen molar-refractivity contribution in [1.82, 2.24) is 0 Å². The van der Waals surface area contributed by atoms with Crippen molar-refractivity contribution in [2.24, 2.45) is 5.92 Å². The molecule has 0 heterocycles. The number of carbonyl (C=O) groups is 2. The van der Waals surface area contributed by atoms with Crippen molar-refractivity contribution in [2.45, 2.75) is 44.6 Å². The van der Waals surface area contributed by atoms with Crippen molar-refractivity contribution in [3.63, 3.8) is 0 Å². The van der Waals surface area contributed by atoms with Gasteiger partial charge < -0.3 is 14.8 Å². The zero-order valence-corrected chi connectivity index (χ0v) is 17.3. The molecule has 0 atom stereocenters. The number of hydrogen-bond donors (Lipinski definition) is 1. The number of methoxy groups -OCH3 is 1. The first-order valence-corrected chi connectivity index (χ1v) is 10.3. The third-order valence-corrected chi connectivity index (χ3v) is 5.45. The second-order valence-electron chi connectivity index (χ2n) is 7.42. The van der Waals surface area contributed by atoms with Gasteiger partial charge in [-0.25, -0.2) is 0 Å². The summed E-state index contributed by atoms with van der Waals surface area (Å²) in [5, 5.41) is 3.58. The number of nitrogens with one attached hydrogen (secondary N) is 1. The monoisotopic (exact) mass is 415 g/mol. The molecule has 0 aliphatic heterocycles. The van der Waals surface area contributed by atoms with Gasteiger partial charge in [0, 0.05) is 17.1 Å². The Morgan fingerprint density at radius 3 is 2.28 bits per heavy atom. The molecule has 1 fully saturated rings. The highest BCUT2D eigenvalue weighted by Crippen LogP contribution is 2.30. The average molecular weight is 416 g/mol. The Balaban J connectivity index is 1.40. The summed E-state index contributed by atoms with van der Waals surface area (Å²) in [7, 11) is 1.39. The quantitative estimate of drug-likeness (QED) is 0.644. The largest absolute Gasteiger partial charge is 0.490 e. The molecule has 0 radical (unpaired) electrons. The van der Waals surface area contributed by atoms with Gasteiger partial charge in [0.15, 0.2) is 0 Å². The molecular formula is C23H26ClNO4. The number of carbonyl (C=O) groups excluding carboxylic acids is 2. The summed E-state index contributed by atoms with van der Waals surface area (Å²) in [6.07, 6.45) is 4.76. The molecule has 1 amide bonds. The van der Waals surface area contributed by atoms with Gasteiger partial charge in [-0.15, -0.1) is 0 Å². The smallest absolute Gasteiger partial charge is 0.309 e. The van der Waals surface area contributed by atoms with E-state index in [0.717, 1.165) is 42.7 Å². The summed E-state index contributed by atoms with van der Waals surface area (Å²) < 4.78 is 10.7. The number of ether oxygens (including phenoxy) is 2. The van der Waals surface area contributed by atoms with Gasteiger partial charge in [0.1, 0.15) is 5.75 Å². The molecule has 6 heteroatoms. The first kappa shape index (κ1) is 21.2. The molecule has 2 aromatic rings. The fourth-order valence-corrected chi connectivity index (χ4v) is 3.70. The molecule has 29 heavy (non-hydrogen) atoms. The van der Waals surface area contributed by atoms with Crippen LogP contribution < -0.4 is 10.1 Å². The lowest BCUT2D eigenvalue weighted by Gasteiger charge is -2.28. The van der Waals surface area contributed by atoms with Gasteiger partial charge in [-0.1, -0.05) is 23.7 Å². The minimum absolute atomic E-state index is 0.0397. The normalized spacial score (nSPS) is 18.7. The van der Waals surface area contributed by atoms with Crippen LogP contribution in [-0.2, 0) is 20.7 Å². The Labute approximate surface area is 176 Å². The number of rotatable bonds is 7. The third kappa shape index (κ3) is 6.79. The molecule has 0 bridgehead atoms. The second kappa shape index (κ2) is 10.3. The molecule has 0 aromatic heterocycles. The molecular weight excluding hydrogens is 390 g/mol. The van der Waals surface area contributed by atoms with Crippen LogP contribution in [0, 0.1) is 5.92 Å². The number of amides is 1. The van der Waals surface area contributed by atoms with Crippen molar-refractivity contribution in [3.05, 3.63) is 59.1 Å². The molecule has 1 N–H and O–H groups in total. The molecule has 3 rings (SSSR count). The Bertz CT molecular complexity index is 812. The van der Waals surface area contributed by atoms with E-state index >= 15 is 0 Å². The highest BCUT2D eigenvalue weighted by molar-refractivity contribution is 6.30. The SMILES string of the molecule is COC(=O)Cc1ccc(O[C@H]2CC[C@H](CC(=O)Nc3ccc(Cl)cc3)CC2)cc1. The van der Waals surface area contributed by atoms with Crippen LogP contribution >= 0.6 is 11.6 Å². The predicted octanol–water partition coefficient (Wildman–Crippen LogP) is 5.02. The average Bonchev–Trinajstić information content (AvgIpc) is 2.72. The third-order valence-electron chi connectivity index (χ3n) is 5.20. The van der Waals surface area contributed by atoms with Gasteiger partial charge in [0.05, 0.1) is 19.6 Å². The van der Waals surface area contributed by atoms with Gasteiger partial charge in [0.2, 0.25) is 5.91 Å². The zero-order chi connectivity index (χ0) is 20.6. The first-order chi connectivity index (χ1) is 14.0. The fraction of sp³-hybridized carbons (Fsp3) is 0.391. The van der Waals surface area contributed by atoms with Crippen LogP contribution in [0.25, 0.3) is 0 Å². The van der Waals surface area contributed by atoms with Gasteiger partial charge >= 0.3 is 5.97 Å². The van der Waals surface area contributed by atoms with Crippen LogP contribution in [0.1, 0.15) is 37.7 Å². The van der Waals surface area contributed by atoms with Gasteiger partial charge in [-0.2, -0.15) is 0 Å². The molecule has 0 spiro atoms. The Hall–Kier alpha value is -2.53. The van der Waals surface area contributed by atoms with Crippen molar-refractivity contribution in [2.75, 3.05) is 12.4 Å². The number of halogens is 1. The predicted molar refractivity (Wildman–Crippen MR) is 113 cm³/mol. The molecule has 1 aliphatic rings. The number of anilines is 1. The molecule has 1 aliphatic carbocycles. The van der Waals surface area contributed by atoms with E-state index in [-0.39, 0.29) is 24.4 Å². The number of hydrogen-bond acceptors (Lipinski definition) is 4. The molecule has 154 valence electrons. The van der Waals surface area contributed by atoms with E-state index in [9.17, 15) is 9.59 Å². The van der Waals surface area contributed by atoms with E-state index in [0.29, 0.717) is 17.4 Å². The van der Waals surface area contributed by atoms with Crippen molar-refractivity contribution >= 4 is 29.2 Å². The zero-order valence-electron chi connectivity index (χ0n) is 16.5. The van der Waals surface area contributed by atoms with Crippen molar-refractivity contribution < 1.29 is 19.1 Å². The maximum absolute atomic E-state index is 12.3. The molecule has 5 nitrogen and oxygen atoms in total. The summed E-state index contributed by atoms with van der Waals surface area (Å²) in [4.78, 5) is 23.6. The Kier molecular flexibility index (Phi) is 7.53. The summed E-state index contributed by atoms with van der Waals surface area (Å²) >= 11 is 5.87. The summed E-state index contributed by atoms with van der Waals surface area (Å²) in [6.45, 7) is 0. The lowest BCUT2D eigenvalue weighted by Crippen LogP contribution is -2.26. The van der Waals surface area contributed by atoms with E-state index in [1.165, 1.54) is 7.11 Å². The topological polar surface area (TPSA) is 64.6 Å². The van der Waals surface area contributed by atoms with Crippen LogP contribution in [0.5, 0.6) is 5.75 Å². The maximum Gasteiger partial charge on any atom is 0.309 e. The Morgan fingerprint density at radius 2 is 1.66 bits per heavy atom. The maximum atomic E-state index is 12.3. The molecule has 1 saturated carbocycles. The fourth-order valence-electron chi connectivity index (χ4n) is 3.58. The lowest BCUT2D eigenvalue weighted by molar-refractivity contribution is -0.139. The molecule has 2 aromatic carbocycles. The Morgan fingerprint density at radius 1 is 1.00 bits per heavy atom. The highest BCUT2D eigenvalue weighted by Gasteiger charge is 2.24. The summed E-state index contributed by atoms with van der Waals surface area (Å²) in [6, 6.07) is 14.7. The van der Waals surface area contributed by atoms with E-state index in [2.05, 4.69) is 10.1 Å². The van der Waals surface area contributed by atoms with Gasteiger partial charge in [-0.3, -0.25) is 9.59 Å². The minimum atomic E-state index is -0.253. The first-order valence-electron chi connectivity index (χ1n) is 9.89. The van der Waals surface area contributed by atoms with Gasteiger partial charge in [0.25, 0.3) is 0 Å². The van der Waals surface area contributed by atoms with Crippen molar-refractivity contribution in [3.8, 4) is 5.75 Å². The second-order valence-corrected chi connectivity index (χ2v) is 7.85. The summed E-state index contributed by atoms with van der Waals surface area (Å²) in [5.41, 5.74) is 1.67. The van der Waals surface area contributed by atoms with Gasteiger partial charge in [-0.05, 0) is 73.6 Å². The van der Waals surface area contributed by atoms with Crippen LogP contribution in [0.15, 0.2) is 48.5 Å². The van der Waals surface area contributed by atoms with Crippen LogP contribution in [-0.4, -0.2) is 25.1 Å². The van der Waals surface area contributed by atoms with E-state index in [4.69, 9.17) is 16.3 Å². The molecule has 0 saturated heterocycles. The molecule has 0 unspecified atom stereocenters. The minimum Gasteiger partial charge on any atom is -0.490 e. The summed E-state index contributed by atoms with van der Waals surface area (Å²) in [5.74, 6) is 0.974. The van der Waals surface area contributed by atoms with Crippen LogP contribution in [0.4, 0.5) is 5.69 Å². The van der Waals surface area contributed by atoms with Crippen molar-refractivity contribution in [1.29, 1.82) is 0 Å².